The van der Waals surface area contributed by atoms with E-state index in [0.717, 1.165) is 5.92 Å². The molecule has 0 spiro atoms. The van der Waals surface area contributed by atoms with Gasteiger partial charge in [-0.25, -0.2) is 0 Å². The molecule has 0 amide bonds. The zero-order valence-corrected chi connectivity index (χ0v) is 14.0. The van der Waals surface area contributed by atoms with Crippen LogP contribution in [-0.2, 0) is 12.8 Å². The summed E-state index contributed by atoms with van der Waals surface area (Å²) in [4.78, 5) is 0. The minimum Gasteiger partial charge on any atom is -0.311 e. The molecule has 0 bridgehead atoms. The van der Waals surface area contributed by atoms with Crippen LogP contribution in [0, 0.1) is 5.92 Å². The van der Waals surface area contributed by atoms with E-state index in [1.807, 2.05) is 0 Å². The van der Waals surface area contributed by atoms with Crippen LogP contribution < -0.4 is 5.32 Å². The molecule has 2 atom stereocenters. The Morgan fingerprint density at radius 2 is 2.00 bits per heavy atom. The summed E-state index contributed by atoms with van der Waals surface area (Å²) in [7, 11) is 0. The molecule has 0 heterocycles. The molecule has 106 valence electrons. The number of hydrogen-bond acceptors (Lipinski definition) is 1. The minimum atomic E-state index is 0.636. The van der Waals surface area contributed by atoms with Crippen LogP contribution in [0.25, 0.3) is 0 Å². The van der Waals surface area contributed by atoms with Gasteiger partial charge in [0.05, 0.1) is 0 Å². The molecule has 0 radical (unpaired) electrons. The van der Waals surface area contributed by atoms with Gasteiger partial charge in [-0.05, 0) is 55.4 Å². The molecular weight excluding hydrogens is 298 g/mol. The van der Waals surface area contributed by atoms with E-state index in [2.05, 4.69) is 60.2 Å². The molecular formula is C17H26BrN. The zero-order valence-electron chi connectivity index (χ0n) is 12.4. The molecule has 0 aromatic heterocycles. The van der Waals surface area contributed by atoms with E-state index < -0.39 is 0 Å². The Labute approximate surface area is 126 Å². The molecule has 1 aliphatic rings. The Bertz CT molecular complexity index is 412. The van der Waals surface area contributed by atoms with E-state index in [1.165, 1.54) is 47.7 Å². The van der Waals surface area contributed by atoms with Crippen LogP contribution in [0.3, 0.4) is 0 Å². The fourth-order valence-electron chi connectivity index (χ4n) is 3.37. The SMILES string of the molecule is CCC(CC)C(C)NC1CCc2cc(Br)ccc2C1. The first-order valence-corrected chi connectivity index (χ1v) is 8.46. The highest BCUT2D eigenvalue weighted by atomic mass is 79.9. The Morgan fingerprint density at radius 1 is 1.26 bits per heavy atom. The number of rotatable bonds is 5. The molecule has 0 saturated heterocycles. The first-order valence-electron chi connectivity index (χ1n) is 7.67. The van der Waals surface area contributed by atoms with E-state index in [4.69, 9.17) is 0 Å². The second-order valence-electron chi connectivity index (χ2n) is 5.88. The van der Waals surface area contributed by atoms with Crippen molar-refractivity contribution >= 4 is 15.9 Å². The Hall–Kier alpha value is -0.340. The van der Waals surface area contributed by atoms with Crippen LogP contribution in [0.15, 0.2) is 22.7 Å². The summed E-state index contributed by atoms with van der Waals surface area (Å²) >= 11 is 3.57. The lowest BCUT2D eigenvalue weighted by molar-refractivity contribution is 0.307. The van der Waals surface area contributed by atoms with Gasteiger partial charge >= 0.3 is 0 Å². The van der Waals surface area contributed by atoms with Gasteiger partial charge in [-0.2, -0.15) is 0 Å². The lowest BCUT2D eigenvalue weighted by Gasteiger charge is -2.31. The van der Waals surface area contributed by atoms with Crippen LogP contribution >= 0.6 is 15.9 Å². The summed E-state index contributed by atoms with van der Waals surface area (Å²) in [6, 6.07) is 8.04. The van der Waals surface area contributed by atoms with E-state index in [9.17, 15) is 0 Å². The average Bonchev–Trinajstić information content (AvgIpc) is 2.40. The van der Waals surface area contributed by atoms with E-state index in [-0.39, 0.29) is 0 Å². The van der Waals surface area contributed by atoms with Gasteiger partial charge in [0, 0.05) is 16.6 Å². The van der Waals surface area contributed by atoms with E-state index >= 15 is 0 Å². The standard InChI is InChI=1S/C17H26BrN/c1-4-13(5-2)12(3)19-17-9-7-14-10-16(18)8-6-15(14)11-17/h6,8,10,12-13,17,19H,4-5,7,9,11H2,1-3H3. The fraction of sp³-hybridized carbons (Fsp3) is 0.647. The largest absolute Gasteiger partial charge is 0.311 e. The lowest BCUT2D eigenvalue weighted by atomic mass is 9.86. The van der Waals surface area contributed by atoms with Gasteiger partial charge < -0.3 is 5.32 Å². The number of nitrogens with one attached hydrogen (secondary N) is 1. The highest BCUT2D eigenvalue weighted by Gasteiger charge is 2.22. The van der Waals surface area contributed by atoms with E-state index in [0.29, 0.717) is 12.1 Å². The average molecular weight is 324 g/mol. The molecule has 19 heavy (non-hydrogen) atoms. The predicted molar refractivity (Wildman–Crippen MR) is 86.6 cm³/mol. The van der Waals surface area contributed by atoms with Crippen LogP contribution in [0.5, 0.6) is 0 Å². The number of fused-ring (bicyclic) bond motifs is 1. The number of aryl methyl sites for hydroxylation is 1. The molecule has 1 N–H and O–H groups in total. The van der Waals surface area contributed by atoms with Crippen molar-refractivity contribution in [1.82, 2.24) is 5.32 Å². The van der Waals surface area contributed by atoms with Crippen molar-refractivity contribution < 1.29 is 0 Å². The smallest absolute Gasteiger partial charge is 0.0178 e. The van der Waals surface area contributed by atoms with Crippen LogP contribution in [-0.4, -0.2) is 12.1 Å². The molecule has 1 aromatic rings. The first kappa shape index (κ1) is 15.1. The van der Waals surface area contributed by atoms with E-state index in [1.54, 1.807) is 0 Å². The number of hydrogen-bond donors (Lipinski definition) is 1. The van der Waals surface area contributed by atoms with Gasteiger partial charge in [0.2, 0.25) is 0 Å². The molecule has 2 heteroatoms. The Kier molecular flexibility index (Phi) is 5.47. The second kappa shape index (κ2) is 6.90. The monoisotopic (exact) mass is 323 g/mol. The minimum absolute atomic E-state index is 0.636. The van der Waals surface area contributed by atoms with Crippen molar-refractivity contribution in [3.05, 3.63) is 33.8 Å². The summed E-state index contributed by atoms with van der Waals surface area (Å²) in [5.74, 6) is 0.811. The second-order valence-corrected chi connectivity index (χ2v) is 6.80. The quantitative estimate of drug-likeness (QED) is 0.826. The van der Waals surface area contributed by atoms with Crippen molar-refractivity contribution in [3.8, 4) is 0 Å². The predicted octanol–water partition coefficient (Wildman–Crippen LogP) is 4.72. The third kappa shape index (κ3) is 3.82. The van der Waals surface area contributed by atoms with Crippen LogP contribution in [0.2, 0.25) is 0 Å². The van der Waals surface area contributed by atoms with Crippen molar-refractivity contribution in [1.29, 1.82) is 0 Å². The highest BCUT2D eigenvalue weighted by molar-refractivity contribution is 9.10. The van der Waals surface area contributed by atoms with Crippen LogP contribution in [0.4, 0.5) is 0 Å². The summed E-state index contributed by atoms with van der Waals surface area (Å²) < 4.78 is 1.21. The van der Waals surface area contributed by atoms with Crippen LogP contribution in [0.1, 0.15) is 51.2 Å². The number of benzene rings is 1. The Balaban J connectivity index is 1.96. The molecule has 2 rings (SSSR count). The molecule has 1 nitrogen and oxygen atoms in total. The van der Waals surface area contributed by atoms with Crippen molar-refractivity contribution in [2.24, 2.45) is 5.92 Å². The third-order valence-corrected chi connectivity index (χ3v) is 5.14. The molecule has 1 aromatic carbocycles. The van der Waals surface area contributed by atoms with Gasteiger partial charge in [-0.1, -0.05) is 48.7 Å². The third-order valence-electron chi connectivity index (χ3n) is 4.65. The van der Waals surface area contributed by atoms with Crippen molar-refractivity contribution in [2.75, 3.05) is 0 Å². The maximum Gasteiger partial charge on any atom is 0.0178 e. The molecule has 1 aliphatic carbocycles. The van der Waals surface area contributed by atoms with Crippen molar-refractivity contribution in [2.45, 2.75) is 65.0 Å². The lowest BCUT2D eigenvalue weighted by Crippen LogP contribution is -2.43. The maximum atomic E-state index is 3.86. The number of halogens is 1. The van der Waals surface area contributed by atoms with Gasteiger partial charge in [-0.3, -0.25) is 0 Å². The summed E-state index contributed by atoms with van der Waals surface area (Å²) in [5, 5.41) is 3.86. The van der Waals surface area contributed by atoms with Gasteiger partial charge in [0.1, 0.15) is 0 Å². The normalized spacial score (nSPS) is 20.4. The first-order chi connectivity index (χ1) is 9.13. The molecule has 0 aliphatic heterocycles. The van der Waals surface area contributed by atoms with Gasteiger partial charge in [0.25, 0.3) is 0 Å². The maximum absolute atomic E-state index is 3.86. The zero-order chi connectivity index (χ0) is 13.8. The highest BCUT2D eigenvalue weighted by Crippen LogP contribution is 2.25. The van der Waals surface area contributed by atoms with Gasteiger partial charge in [0.15, 0.2) is 0 Å². The van der Waals surface area contributed by atoms with Gasteiger partial charge in [-0.15, -0.1) is 0 Å². The topological polar surface area (TPSA) is 12.0 Å². The van der Waals surface area contributed by atoms with Crippen molar-refractivity contribution in [3.63, 3.8) is 0 Å². The Morgan fingerprint density at radius 3 is 2.68 bits per heavy atom. The molecule has 0 fully saturated rings. The molecule has 2 unspecified atom stereocenters. The molecule has 0 saturated carbocycles. The summed E-state index contributed by atoms with van der Waals surface area (Å²) in [6.07, 6.45) is 6.23. The fourth-order valence-corrected chi connectivity index (χ4v) is 3.78. The summed E-state index contributed by atoms with van der Waals surface area (Å²) in [6.45, 7) is 6.97. The summed E-state index contributed by atoms with van der Waals surface area (Å²) in [5.41, 5.74) is 3.06.